The lowest BCUT2D eigenvalue weighted by Gasteiger charge is -2.68. The molecule has 0 aromatic rings. The lowest BCUT2D eigenvalue weighted by Crippen LogP contribution is -2.80. The number of aliphatic hydroxyl groups excluding tert-OH is 1. The normalized spacial score (nSPS) is 56.5. The molecule has 0 aromatic carbocycles. The first kappa shape index (κ1) is 18.7. The van der Waals surface area contributed by atoms with Crippen molar-refractivity contribution in [1.29, 1.82) is 0 Å². The van der Waals surface area contributed by atoms with E-state index in [2.05, 4.69) is 0 Å². The summed E-state index contributed by atoms with van der Waals surface area (Å²) in [7, 11) is 0. The molecule has 4 aliphatic rings. The highest BCUT2D eigenvalue weighted by Crippen LogP contribution is 2.66. The van der Waals surface area contributed by atoms with Crippen molar-refractivity contribution in [2.24, 2.45) is 29.1 Å². The third-order valence-corrected chi connectivity index (χ3v) is 8.86. The molecule has 0 bridgehead atoms. The zero-order valence-electron chi connectivity index (χ0n) is 15.9. The molecule has 0 radical (unpaired) electrons. The van der Waals surface area contributed by atoms with Crippen LogP contribution >= 0.6 is 0 Å². The molecule has 1 heterocycles. The molecule has 4 rings (SSSR count). The van der Waals surface area contributed by atoms with Crippen molar-refractivity contribution in [3.63, 3.8) is 0 Å². The average Bonchev–Trinajstić information content (AvgIpc) is 2.96. The Kier molecular flexibility index (Phi) is 3.90. The second-order valence-electron chi connectivity index (χ2n) is 9.83. The van der Waals surface area contributed by atoms with E-state index in [4.69, 9.17) is 4.74 Å². The molecular formula is C20H32O6. The number of hydrogen-bond acceptors (Lipinski definition) is 6. The van der Waals surface area contributed by atoms with Crippen LogP contribution in [0.4, 0.5) is 0 Å². The van der Waals surface area contributed by atoms with Crippen LogP contribution in [0.3, 0.4) is 0 Å². The van der Waals surface area contributed by atoms with Crippen LogP contribution in [0.25, 0.3) is 0 Å². The zero-order chi connectivity index (χ0) is 19.1. The van der Waals surface area contributed by atoms with Gasteiger partial charge in [-0.2, -0.15) is 0 Å². The Labute approximate surface area is 154 Å². The summed E-state index contributed by atoms with van der Waals surface area (Å²) < 4.78 is 5.30. The third-order valence-electron chi connectivity index (χ3n) is 8.86. The standard InChI is InChI=1S/C20H32O6/c1-11(2)18(23)8-9-20(25)17(3)6-4-12-13(10-26-15(12)21)14(17)5-7-19(20,24)16(18)22/h11-14,16,22-25H,4-10H2,1-3H3. The SMILES string of the molecule is CC(C)C1(O)CCC2(O)C3(C)CCC4C(=O)OCC4C3CCC2(O)C1O. The van der Waals surface area contributed by atoms with Crippen LogP contribution in [0, 0.1) is 29.1 Å². The zero-order valence-corrected chi connectivity index (χ0v) is 15.9. The molecule has 1 saturated heterocycles. The fourth-order valence-corrected chi connectivity index (χ4v) is 6.94. The minimum atomic E-state index is -1.74. The summed E-state index contributed by atoms with van der Waals surface area (Å²) in [5.41, 5.74) is -5.26. The van der Waals surface area contributed by atoms with E-state index in [1.807, 2.05) is 20.8 Å². The fraction of sp³-hybridized carbons (Fsp3) is 0.950. The van der Waals surface area contributed by atoms with Gasteiger partial charge in [0, 0.05) is 11.3 Å². The third kappa shape index (κ3) is 1.94. The van der Waals surface area contributed by atoms with Gasteiger partial charge in [-0.05, 0) is 50.4 Å². The van der Waals surface area contributed by atoms with Crippen molar-refractivity contribution in [3.8, 4) is 0 Å². The van der Waals surface area contributed by atoms with E-state index < -0.39 is 28.3 Å². The molecule has 6 heteroatoms. The first-order valence-corrected chi connectivity index (χ1v) is 10.0. The minimum Gasteiger partial charge on any atom is -0.465 e. The smallest absolute Gasteiger partial charge is 0.309 e. The molecule has 1 aliphatic heterocycles. The van der Waals surface area contributed by atoms with Crippen LogP contribution in [0.2, 0.25) is 0 Å². The van der Waals surface area contributed by atoms with Gasteiger partial charge < -0.3 is 25.2 Å². The van der Waals surface area contributed by atoms with Gasteiger partial charge >= 0.3 is 5.97 Å². The highest BCUT2D eigenvalue weighted by Gasteiger charge is 2.74. The fourth-order valence-electron chi connectivity index (χ4n) is 6.94. The van der Waals surface area contributed by atoms with Crippen LogP contribution in [0.5, 0.6) is 0 Å². The largest absolute Gasteiger partial charge is 0.465 e. The molecule has 4 fully saturated rings. The van der Waals surface area contributed by atoms with E-state index >= 15 is 0 Å². The van der Waals surface area contributed by atoms with Crippen molar-refractivity contribution < 1.29 is 30.0 Å². The molecule has 4 N–H and O–H groups in total. The Morgan fingerprint density at radius 2 is 1.77 bits per heavy atom. The average molecular weight is 368 g/mol. The molecule has 6 nitrogen and oxygen atoms in total. The Morgan fingerprint density at radius 3 is 2.42 bits per heavy atom. The van der Waals surface area contributed by atoms with Crippen molar-refractivity contribution in [2.45, 2.75) is 82.2 Å². The molecule has 26 heavy (non-hydrogen) atoms. The van der Waals surface area contributed by atoms with Gasteiger partial charge in [-0.15, -0.1) is 0 Å². The Hall–Kier alpha value is -0.690. The topological polar surface area (TPSA) is 107 Å². The van der Waals surface area contributed by atoms with E-state index in [1.54, 1.807) is 0 Å². The molecular weight excluding hydrogens is 336 g/mol. The van der Waals surface area contributed by atoms with Crippen LogP contribution in [0.15, 0.2) is 0 Å². The maximum atomic E-state index is 12.0. The number of carbonyl (C=O) groups is 1. The monoisotopic (exact) mass is 368 g/mol. The predicted octanol–water partition coefficient (Wildman–Crippen LogP) is 0.990. The summed E-state index contributed by atoms with van der Waals surface area (Å²) >= 11 is 0. The molecule has 3 aliphatic carbocycles. The highest BCUT2D eigenvalue weighted by atomic mass is 16.5. The summed E-state index contributed by atoms with van der Waals surface area (Å²) in [6.45, 7) is 6.04. The van der Waals surface area contributed by atoms with Crippen molar-refractivity contribution in [1.82, 2.24) is 0 Å². The van der Waals surface area contributed by atoms with E-state index in [0.717, 1.165) is 0 Å². The Bertz CT molecular complexity index is 621. The van der Waals surface area contributed by atoms with E-state index in [-0.39, 0.29) is 48.9 Å². The maximum absolute atomic E-state index is 12.0. The number of rotatable bonds is 1. The number of cyclic esters (lactones) is 1. The minimum absolute atomic E-state index is 0.0652. The predicted molar refractivity (Wildman–Crippen MR) is 92.9 cm³/mol. The van der Waals surface area contributed by atoms with Crippen LogP contribution in [-0.2, 0) is 9.53 Å². The van der Waals surface area contributed by atoms with Gasteiger partial charge in [-0.25, -0.2) is 0 Å². The first-order chi connectivity index (χ1) is 12.0. The highest BCUT2D eigenvalue weighted by molar-refractivity contribution is 5.75. The molecule has 8 unspecified atom stereocenters. The number of ether oxygens (including phenoxy) is 1. The van der Waals surface area contributed by atoms with E-state index in [9.17, 15) is 25.2 Å². The van der Waals surface area contributed by atoms with Crippen molar-refractivity contribution in [3.05, 3.63) is 0 Å². The summed E-state index contributed by atoms with van der Waals surface area (Å²) in [4.78, 5) is 12.0. The van der Waals surface area contributed by atoms with Crippen LogP contribution < -0.4 is 0 Å². The van der Waals surface area contributed by atoms with Crippen LogP contribution in [0.1, 0.15) is 59.3 Å². The molecule has 0 amide bonds. The van der Waals surface area contributed by atoms with E-state index in [0.29, 0.717) is 25.9 Å². The van der Waals surface area contributed by atoms with Gasteiger partial charge in [0.2, 0.25) is 0 Å². The second kappa shape index (κ2) is 5.43. The first-order valence-electron chi connectivity index (χ1n) is 10.0. The Morgan fingerprint density at radius 1 is 1.08 bits per heavy atom. The number of aliphatic hydroxyl groups is 4. The molecule has 148 valence electrons. The van der Waals surface area contributed by atoms with Gasteiger partial charge in [0.05, 0.1) is 18.1 Å². The summed E-state index contributed by atoms with van der Waals surface area (Å²) in [6, 6.07) is 0. The number of carbonyl (C=O) groups excluding carboxylic acids is 1. The Balaban J connectivity index is 1.74. The summed E-state index contributed by atoms with van der Waals surface area (Å²) in [6.07, 6.45) is 1.17. The van der Waals surface area contributed by atoms with Gasteiger partial charge in [-0.3, -0.25) is 4.79 Å². The van der Waals surface area contributed by atoms with Crippen molar-refractivity contribution in [2.75, 3.05) is 6.61 Å². The molecule has 0 spiro atoms. The molecule has 0 aromatic heterocycles. The molecule has 8 atom stereocenters. The van der Waals surface area contributed by atoms with Crippen LogP contribution in [-0.4, -0.2) is 55.9 Å². The lowest BCUT2D eigenvalue weighted by atomic mass is 9.41. The molecule has 3 saturated carbocycles. The van der Waals surface area contributed by atoms with Gasteiger partial charge in [-0.1, -0.05) is 20.8 Å². The summed E-state index contributed by atoms with van der Waals surface area (Å²) in [5, 5.41) is 45.4. The number of fused-ring (bicyclic) bond motifs is 5. The van der Waals surface area contributed by atoms with E-state index in [1.165, 1.54) is 0 Å². The number of hydrogen-bond donors (Lipinski definition) is 4. The maximum Gasteiger partial charge on any atom is 0.309 e. The second-order valence-corrected chi connectivity index (χ2v) is 9.83. The van der Waals surface area contributed by atoms with Gasteiger partial charge in [0.1, 0.15) is 17.3 Å². The van der Waals surface area contributed by atoms with Crippen molar-refractivity contribution >= 4 is 5.97 Å². The number of esters is 1. The quantitative estimate of drug-likeness (QED) is 0.514. The summed E-state index contributed by atoms with van der Waals surface area (Å²) in [5.74, 6) is -0.340. The van der Waals surface area contributed by atoms with Gasteiger partial charge in [0.25, 0.3) is 0 Å². The van der Waals surface area contributed by atoms with Gasteiger partial charge in [0.15, 0.2) is 0 Å². The lowest BCUT2D eigenvalue weighted by molar-refractivity contribution is -0.346.